The van der Waals surface area contributed by atoms with Crippen molar-refractivity contribution in [3.05, 3.63) is 67.2 Å². The lowest BCUT2D eigenvalue weighted by Crippen LogP contribution is -1.98. The van der Waals surface area contributed by atoms with Gasteiger partial charge in [0.1, 0.15) is 0 Å². The van der Waals surface area contributed by atoms with Gasteiger partial charge in [0.2, 0.25) is 0 Å². The molecule has 4 heteroatoms. The van der Waals surface area contributed by atoms with E-state index in [0.717, 1.165) is 28.6 Å². The molecule has 0 amide bonds. The molecular weight excluding hydrogens is 450 g/mol. The molecule has 0 aliphatic carbocycles. The Morgan fingerprint density at radius 3 is 2.55 bits per heavy atom. The molecule has 2 aromatic carbocycles. The number of benzene rings is 2. The van der Waals surface area contributed by atoms with Crippen LogP contribution < -0.4 is 0 Å². The monoisotopic (exact) mass is 464 g/mol. The SMILES string of the molecule is COCCc1ccc(C(Cl)c2cc(Br)ccc2I)cc1. The second-order valence-electron chi connectivity index (χ2n) is 4.51. The van der Waals surface area contributed by atoms with E-state index in [0.29, 0.717) is 0 Å². The highest BCUT2D eigenvalue weighted by molar-refractivity contribution is 14.1. The maximum atomic E-state index is 6.62. The Morgan fingerprint density at radius 2 is 1.90 bits per heavy atom. The minimum absolute atomic E-state index is 0.129. The lowest BCUT2D eigenvalue weighted by atomic mass is 10.0. The largest absolute Gasteiger partial charge is 0.384 e. The van der Waals surface area contributed by atoms with Crippen LogP contribution in [0.3, 0.4) is 0 Å². The zero-order valence-electron chi connectivity index (χ0n) is 11.1. The number of alkyl halides is 1. The maximum Gasteiger partial charge on any atom is 0.0846 e. The van der Waals surface area contributed by atoms with Crippen LogP contribution in [-0.4, -0.2) is 13.7 Å². The van der Waals surface area contributed by atoms with Crippen molar-refractivity contribution in [2.75, 3.05) is 13.7 Å². The summed E-state index contributed by atoms with van der Waals surface area (Å²) in [5, 5.41) is -0.129. The molecule has 0 bridgehead atoms. The van der Waals surface area contributed by atoms with E-state index >= 15 is 0 Å². The van der Waals surface area contributed by atoms with E-state index in [1.807, 2.05) is 6.07 Å². The molecule has 2 aromatic rings. The number of ether oxygens (including phenoxy) is 1. The number of hydrogen-bond acceptors (Lipinski definition) is 1. The second kappa shape index (κ2) is 7.78. The van der Waals surface area contributed by atoms with E-state index in [1.54, 1.807) is 7.11 Å². The zero-order valence-corrected chi connectivity index (χ0v) is 15.6. The fourth-order valence-corrected chi connectivity index (χ4v) is 3.50. The molecule has 0 saturated heterocycles. The molecule has 1 nitrogen and oxygen atoms in total. The van der Waals surface area contributed by atoms with Crippen molar-refractivity contribution < 1.29 is 4.74 Å². The van der Waals surface area contributed by atoms with Crippen molar-refractivity contribution in [3.8, 4) is 0 Å². The summed E-state index contributed by atoms with van der Waals surface area (Å²) in [5.41, 5.74) is 3.51. The van der Waals surface area contributed by atoms with Crippen LogP contribution in [0.1, 0.15) is 22.1 Å². The first-order valence-electron chi connectivity index (χ1n) is 6.28. The first-order chi connectivity index (χ1) is 9.61. The van der Waals surface area contributed by atoms with Crippen LogP contribution in [0.2, 0.25) is 0 Å². The van der Waals surface area contributed by atoms with Gasteiger partial charge in [-0.25, -0.2) is 0 Å². The smallest absolute Gasteiger partial charge is 0.0846 e. The van der Waals surface area contributed by atoms with Crippen molar-refractivity contribution in [3.63, 3.8) is 0 Å². The van der Waals surface area contributed by atoms with E-state index < -0.39 is 0 Å². The van der Waals surface area contributed by atoms with Crippen LogP contribution in [-0.2, 0) is 11.2 Å². The van der Waals surface area contributed by atoms with Crippen LogP contribution in [0.5, 0.6) is 0 Å². The summed E-state index contributed by atoms with van der Waals surface area (Å²) in [7, 11) is 1.72. The van der Waals surface area contributed by atoms with Crippen molar-refractivity contribution in [2.24, 2.45) is 0 Å². The van der Waals surface area contributed by atoms with Gasteiger partial charge >= 0.3 is 0 Å². The van der Waals surface area contributed by atoms with Gasteiger partial charge in [-0.3, -0.25) is 0 Å². The zero-order chi connectivity index (χ0) is 14.5. The van der Waals surface area contributed by atoms with Crippen LogP contribution in [0.4, 0.5) is 0 Å². The van der Waals surface area contributed by atoms with Crippen molar-refractivity contribution in [2.45, 2.75) is 11.8 Å². The molecule has 1 unspecified atom stereocenters. The van der Waals surface area contributed by atoms with Gasteiger partial charge in [-0.1, -0.05) is 40.2 Å². The summed E-state index contributed by atoms with van der Waals surface area (Å²) in [4.78, 5) is 0. The summed E-state index contributed by atoms with van der Waals surface area (Å²) in [6, 6.07) is 14.6. The highest BCUT2D eigenvalue weighted by Crippen LogP contribution is 2.33. The van der Waals surface area contributed by atoms with Gasteiger partial charge < -0.3 is 4.74 Å². The molecule has 106 valence electrons. The van der Waals surface area contributed by atoms with Crippen LogP contribution in [0, 0.1) is 3.57 Å². The summed E-state index contributed by atoms with van der Waals surface area (Å²) in [6.07, 6.45) is 0.929. The highest BCUT2D eigenvalue weighted by atomic mass is 127. The van der Waals surface area contributed by atoms with Crippen LogP contribution in [0.15, 0.2) is 46.9 Å². The fraction of sp³-hybridized carbons (Fsp3) is 0.250. The summed E-state index contributed by atoms with van der Waals surface area (Å²) >= 11 is 12.4. The van der Waals surface area contributed by atoms with Gasteiger partial charge in [-0.15, -0.1) is 11.6 Å². The van der Waals surface area contributed by atoms with Gasteiger partial charge in [0.25, 0.3) is 0 Å². The molecule has 0 spiro atoms. The maximum absolute atomic E-state index is 6.62. The molecule has 0 N–H and O–H groups in total. The van der Waals surface area contributed by atoms with Gasteiger partial charge in [-0.2, -0.15) is 0 Å². The van der Waals surface area contributed by atoms with E-state index in [4.69, 9.17) is 16.3 Å². The van der Waals surface area contributed by atoms with E-state index in [1.165, 1.54) is 9.13 Å². The Bertz CT molecular complexity index is 571. The van der Waals surface area contributed by atoms with Crippen molar-refractivity contribution >= 4 is 50.1 Å². The number of halogens is 3. The molecule has 20 heavy (non-hydrogen) atoms. The Kier molecular flexibility index (Phi) is 6.33. The third-order valence-corrected chi connectivity index (χ3v) is 5.06. The Balaban J connectivity index is 2.20. The topological polar surface area (TPSA) is 9.23 Å². The predicted octanol–water partition coefficient (Wildman–Crippen LogP) is 5.57. The first kappa shape index (κ1) is 16.3. The van der Waals surface area contributed by atoms with Crippen LogP contribution in [0.25, 0.3) is 0 Å². The summed E-state index contributed by atoms with van der Waals surface area (Å²) < 4.78 is 7.32. The molecule has 0 aliphatic heterocycles. The third-order valence-electron chi connectivity index (χ3n) is 3.10. The van der Waals surface area contributed by atoms with E-state index in [-0.39, 0.29) is 5.38 Å². The Morgan fingerprint density at radius 1 is 1.20 bits per heavy atom. The molecule has 0 aromatic heterocycles. The predicted molar refractivity (Wildman–Crippen MR) is 96.6 cm³/mol. The number of methoxy groups -OCH3 is 1. The first-order valence-corrected chi connectivity index (χ1v) is 8.59. The molecule has 1 atom stereocenters. The van der Waals surface area contributed by atoms with Crippen LogP contribution >= 0.6 is 50.1 Å². The molecule has 0 aliphatic rings. The number of hydrogen-bond donors (Lipinski definition) is 0. The summed E-state index contributed by atoms with van der Waals surface area (Å²) in [5.74, 6) is 0. The van der Waals surface area contributed by atoms with Gasteiger partial charge in [0.05, 0.1) is 12.0 Å². The minimum atomic E-state index is -0.129. The van der Waals surface area contributed by atoms with Gasteiger partial charge in [0.15, 0.2) is 0 Å². The minimum Gasteiger partial charge on any atom is -0.384 e. The number of rotatable bonds is 5. The molecular formula is C16H15BrClIO. The second-order valence-corrected chi connectivity index (χ2v) is 7.03. The molecule has 0 fully saturated rings. The van der Waals surface area contributed by atoms with Gasteiger partial charge in [-0.05, 0) is 63.9 Å². The quantitative estimate of drug-likeness (QED) is 0.414. The highest BCUT2D eigenvalue weighted by Gasteiger charge is 2.14. The van der Waals surface area contributed by atoms with E-state index in [9.17, 15) is 0 Å². The lowest BCUT2D eigenvalue weighted by molar-refractivity contribution is 0.202. The van der Waals surface area contributed by atoms with Gasteiger partial charge in [0, 0.05) is 15.2 Å². The standard InChI is InChI=1S/C16H15BrClIO/c1-20-9-8-11-2-4-12(5-3-11)16(18)14-10-13(17)6-7-15(14)19/h2-7,10,16H,8-9H2,1H3. The third kappa shape index (κ3) is 4.20. The molecule has 0 saturated carbocycles. The summed E-state index contributed by atoms with van der Waals surface area (Å²) in [6.45, 7) is 0.743. The van der Waals surface area contributed by atoms with Crippen molar-refractivity contribution in [1.82, 2.24) is 0 Å². The average Bonchev–Trinajstić information content (AvgIpc) is 2.47. The Labute approximate surface area is 146 Å². The molecule has 0 heterocycles. The van der Waals surface area contributed by atoms with Crippen molar-refractivity contribution in [1.29, 1.82) is 0 Å². The molecule has 2 rings (SSSR count). The Hall–Kier alpha value is -0.100. The lowest BCUT2D eigenvalue weighted by Gasteiger charge is -2.13. The molecule has 0 radical (unpaired) electrons. The fourth-order valence-electron chi connectivity index (χ4n) is 1.96. The van der Waals surface area contributed by atoms with E-state index in [2.05, 4.69) is 74.9 Å². The average molecular weight is 466 g/mol. The normalized spacial score (nSPS) is 12.4.